The van der Waals surface area contributed by atoms with E-state index in [2.05, 4.69) is 5.32 Å². The number of rotatable bonds is 3. The number of aryl methyl sites for hydroxylation is 1. The van der Waals surface area contributed by atoms with Gasteiger partial charge in [0.1, 0.15) is 18.5 Å². The van der Waals surface area contributed by atoms with Gasteiger partial charge < -0.3 is 24.6 Å². The van der Waals surface area contributed by atoms with Gasteiger partial charge in [0.2, 0.25) is 5.91 Å². The van der Waals surface area contributed by atoms with E-state index in [9.17, 15) is 37.5 Å². The summed E-state index contributed by atoms with van der Waals surface area (Å²) in [6.07, 6.45) is -3.67. The van der Waals surface area contributed by atoms with Crippen molar-refractivity contribution in [3.8, 4) is 11.4 Å². The highest BCUT2D eigenvalue weighted by Gasteiger charge is 2.48. The Kier molecular flexibility index (Phi) is 6.82. The first-order valence-corrected chi connectivity index (χ1v) is 15.3. The molecular weight excluding hydrogens is 612 g/mol. The van der Waals surface area contributed by atoms with Crippen molar-refractivity contribution in [2.24, 2.45) is 0 Å². The monoisotopic (exact) mass is 642 g/mol. The fourth-order valence-electron chi connectivity index (χ4n) is 7.58. The van der Waals surface area contributed by atoms with Crippen molar-refractivity contribution in [3.63, 3.8) is 0 Å². The van der Waals surface area contributed by atoms with E-state index in [0.717, 1.165) is 0 Å². The van der Waals surface area contributed by atoms with Crippen molar-refractivity contribution in [1.29, 1.82) is 0 Å². The zero-order chi connectivity index (χ0) is 32.9. The van der Waals surface area contributed by atoms with Crippen molar-refractivity contribution in [1.82, 2.24) is 19.8 Å². The lowest BCUT2D eigenvalue weighted by Crippen LogP contribution is -2.55. The standard InChI is InChI=1S/C32H30F4N4O6/c1-3-31(45)18-10-23-26-16(12-40(23)28(42)17(18)13-46-30(31)44)25-20(8-7-15-14(2)19(33)11-21(37-26)24(15)25)38-27(41)22-6-4-5-9-39(22)29(43)32(34,35)36/h10-11,20,22,45H,3-9,12-13H2,1-2H3,(H,38,41)/t20-,22-,31-/m0/s1. The molecule has 2 N–H and O–H groups in total. The number of piperidine rings is 1. The topological polar surface area (TPSA) is 131 Å². The van der Waals surface area contributed by atoms with E-state index in [4.69, 9.17) is 9.72 Å². The van der Waals surface area contributed by atoms with Gasteiger partial charge in [0, 0.05) is 29.1 Å². The summed E-state index contributed by atoms with van der Waals surface area (Å²) in [5.41, 5.74) is 0.766. The van der Waals surface area contributed by atoms with Crippen molar-refractivity contribution in [2.75, 3.05) is 6.54 Å². The van der Waals surface area contributed by atoms with Crippen LogP contribution in [0.2, 0.25) is 0 Å². The highest BCUT2D eigenvalue weighted by Crippen LogP contribution is 2.46. The summed E-state index contributed by atoms with van der Waals surface area (Å²) in [5, 5.41) is 14.7. The van der Waals surface area contributed by atoms with Crippen LogP contribution in [0.25, 0.3) is 22.3 Å². The number of aromatic nitrogens is 2. The Morgan fingerprint density at radius 1 is 1.15 bits per heavy atom. The summed E-state index contributed by atoms with van der Waals surface area (Å²) in [4.78, 5) is 57.6. The molecule has 7 rings (SSSR count). The number of cyclic esters (lactones) is 1. The first-order valence-electron chi connectivity index (χ1n) is 15.3. The fraction of sp³-hybridized carbons (Fsp3) is 0.469. The molecule has 2 amide bonds. The maximum absolute atomic E-state index is 15.2. The van der Waals surface area contributed by atoms with E-state index in [1.165, 1.54) is 16.7 Å². The van der Waals surface area contributed by atoms with Crippen LogP contribution in [-0.2, 0) is 44.3 Å². The van der Waals surface area contributed by atoms with Gasteiger partial charge in [-0.3, -0.25) is 14.4 Å². The molecule has 0 saturated carbocycles. The lowest BCUT2D eigenvalue weighted by Gasteiger charge is -2.37. The number of hydrogen-bond acceptors (Lipinski definition) is 7. The van der Waals surface area contributed by atoms with Gasteiger partial charge in [0.05, 0.1) is 35.1 Å². The average Bonchev–Trinajstić information content (AvgIpc) is 3.40. The molecule has 1 saturated heterocycles. The number of ether oxygens (including phenoxy) is 1. The quantitative estimate of drug-likeness (QED) is 0.258. The van der Waals surface area contributed by atoms with Crippen molar-refractivity contribution in [3.05, 3.63) is 61.7 Å². The minimum absolute atomic E-state index is 0.0118. The van der Waals surface area contributed by atoms with Gasteiger partial charge in [0.15, 0.2) is 5.60 Å². The average molecular weight is 643 g/mol. The van der Waals surface area contributed by atoms with Crippen LogP contribution in [0.1, 0.15) is 78.5 Å². The molecule has 1 aromatic carbocycles. The first kappa shape index (κ1) is 30.3. The molecule has 242 valence electrons. The van der Waals surface area contributed by atoms with Gasteiger partial charge in [-0.25, -0.2) is 14.2 Å². The van der Waals surface area contributed by atoms with E-state index in [1.54, 1.807) is 13.8 Å². The number of hydrogen-bond donors (Lipinski definition) is 2. The van der Waals surface area contributed by atoms with E-state index in [0.29, 0.717) is 63.2 Å². The minimum atomic E-state index is -5.13. The molecular formula is C32H30F4N4O6. The number of likely N-dealkylation sites (tertiary alicyclic amines) is 1. The predicted molar refractivity (Wildman–Crippen MR) is 154 cm³/mol. The molecule has 10 nitrogen and oxygen atoms in total. The normalized spacial score (nSPS) is 23.5. The third kappa shape index (κ3) is 4.28. The summed E-state index contributed by atoms with van der Waals surface area (Å²) in [5.74, 6) is -4.16. The molecule has 5 heterocycles. The lowest BCUT2D eigenvalue weighted by molar-refractivity contribution is -0.189. The summed E-state index contributed by atoms with van der Waals surface area (Å²) in [7, 11) is 0. The highest BCUT2D eigenvalue weighted by molar-refractivity contribution is 5.95. The second-order valence-corrected chi connectivity index (χ2v) is 12.4. The second-order valence-electron chi connectivity index (χ2n) is 12.4. The SMILES string of the molecule is CC[C@@]1(O)C(=O)OCc2c1cc1n(c2=O)Cc2c-1nc1cc(F)c(C)c3c1c2[C@@H](NC(=O)[C@@H]1CCCCN1C(=O)C(F)(F)F)CC3. The molecule has 0 radical (unpaired) electrons. The fourth-order valence-corrected chi connectivity index (χ4v) is 7.58. The number of halogens is 4. The lowest BCUT2D eigenvalue weighted by atomic mass is 9.81. The predicted octanol–water partition coefficient (Wildman–Crippen LogP) is 3.57. The largest absolute Gasteiger partial charge is 0.471 e. The summed E-state index contributed by atoms with van der Waals surface area (Å²) >= 11 is 0. The number of carbonyl (C=O) groups excluding carboxylic acids is 3. The summed E-state index contributed by atoms with van der Waals surface area (Å²) < 4.78 is 62.0. The highest BCUT2D eigenvalue weighted by atomic mass is 19.4. The van der Waals surface area contributed by atoms with Crippen LogP contribution in [-0.4, -0.2) is 56.1 Å². The smallest absolute Gasteiger partial charge is 0.458 e. The first-order chi connectivity index (χ1) is 21.8. The van der Waals surface area contributed by atoms with Gasteiger partial charge in [0.25, 0.3) is 5.56 Å². The van der Waals surface area contributed by atoms with Crippen LogP contribution in [0.15, 0.2) is 16.9 Å². The number of amides is 2. The Morgan fingerprint density at radius 3 is 2.63 bits per heavy atom. The minimum Gasteiger partial charge on any atom is -0.458 e. The Balaban J connectivity index is 1.37. The number of nitrogens with zero attached hydrogens (tertiary/aromatic N) is 3. The zero-order valence-electron chi connectivity index (χ0n) is 25.0. The molecule has 1 aliphatic carbocycles. The number of carbonyl (C=O) groups is 3. The van der Waals surface area contributed by atoms with Crippen LogP contribution in [0, 0.1) is 12.7 Å². The summed E-state index contributed by atoms with van der Waals surface area (Å²) in [6.45, 7) is 2.71. The number of pyridine rings is 2. The molecule has 0 bridgehead atoms. The van der Waals surface area contributed by atoms with E-state index >= 15 is 4.39 Å². The maximum atomic E-state index is 15.2. The molecule has 3 atom stereocenters. The zero-order valence-corrected chi connectivity index (χ0v) is 25.0. The van der Waals surface area contributed by atoms with E-state index in [1.807, 2.05) is 0 Å². The van der Waals surface area contributed by atoms with Crippen LogP contribution < -0.4 is 10.9 Å². The van der Waals surface area contributed by atoms with Gasteiger partial charge in [-0.2, -0.15) is 13.2 Å². The Labute approximate surface area is 259 Å². The van der Waals surface area contributed by atoms with Gasteiger partial charge >= 0.3 is 18.1 Å². The molecule has 3 aliphatic heterocycles. The molecule has 3 aromatic rings. The molecule has 0 unspecified atom stereocenters. The number of benzene rings is 1. The molecule has 2 aromatic heterocycles. The third-order valence-electron chi connectivity index (χ3n) is 10.0. The van der Waals surface area contributed by atoms with Gasteiger partial charge in [-0.05, 0) is 68.2 Å². The van der Waals surface area contributed by atoms with Crippen molar-refractivity contribution < 1.29 is 41.8 Å². The van der Waals surface area contributed by atoms with Crippen molar-refractivity contribution in [2.45, 2.75) is 89.4 Å². The second kappa shape index (κ2) is 10.3. The summed E-state index contributed by atoms with van der Waals surface area (Å²) in [6, 6.07) is 0.737. The Bertz CT molecular complexity index is 1940. The number of aliphatic hydroxyl groups is 1. The maximum Gasteiger partial charge on any atom is 0.471 e. The van der Waals surface area contributed by atoms with Crippen LogP contribution in [0.5, 0.6) is 0 Å². The number of fused-ring (bicyclic) bond motifs is 5. The van der Waals surface area contributed by atoms with E-state index in [-0.39, 0.29) is 55.6 Å². The van der Waals surface area contributed by atoms with Crippen LogP contribution in [0.4, 0.5) is 17.6 Å². The third-order valence-corrected chi connectivity index (χ3v) is 10.0. The Morgan fingerprint density at radius 2 is 1.91 bits per heavy atom. The van der Waals surface area contributed by atoms with Crippen LogP contribution >= 0.6 is 0 Å². The number of alkyl halides is 3. The van der Waals surface area contributed by atoms with Crippen molar-refractivity contribution >= 4 is 28.7 Å². The molecule has 1 fully saturated rings. The number of esters is 1. The Hall–Kier alpha value is -4.33. The molecule has 14 heteroatoms. The van der Waals surface area contributed by atoms with E-state index < -0.39 is 53.0 Å². The van der Waals surface area contributed by atoms with Gasteiger partial charge in [-0.15, -0.1) is 0 Å². The van der Waals surface area contributed by atoms with Gasteiger partial charge in [-0.1, -0.05) is 6.92 Å². The molecule has 0 spiro atoms. The number of nitrogens with one attached hydrogen (secondary N) is 1. The molecule has 46 heavy (non-hydrogen) atoms. The van der Waals surface area contributed by atoms with Crippen LogP contribution in [0.3, 0.4) is 0 Å². The molecule has 4 aliphatic rings.